The topological polar surface area (TPSA) is 118 Å². The van der Waals surface area contributed by atoms with Crippen molar-refractivity contribution >= 4 is 17.5 Å². The number of hydrogen-bond acceptors (Lipinski definition) is 6. The SMILES string of the molecule is O=C(O)c1ccc([N+](=O)[O-])c(NCc2cccnc2)n1. The minimum atomic E-state index is -1.25. The number of anilines is 1. The summed E-state index contributed by atoms with van der Waals surface area (Å²) in [5.41, 5.74) is 0.257. The first-order valence-corrected chi connectivity index (χ1v) is 5.59. The zero-order valence-corrected chi connectivity index (χ0v) is 10.2. The van der Waals surface area contributed by atoms with E-state index < -0.39 is 10.9 Å². The standard InChI is InChI=1S/C12H10N4O4/c17-12(18)9-3-4-10(16(19)20)11(15-9)14-7-8-2-1-5-13-6-8/h1-6H,7H2,(H,14,15)(H,17,18). The lowest BCUT2D eigenvalue weighted by atomic mass is 10.2. The van der Waals surface area contributed by atoms with Crippen LogP contribution in [0.15, 0.2) is 36.7 Å². The lowest BCUT2D eigenvalue weighted by molar-refractivity contribution is -0.384. The van der Waals surface area contributed by atoms with Crippen LogP contribution in [0.2, 0.25) is 0 Å². The van der Waals surface area contributed by atoms with Crippen molar-refractivity contribution in [3.05, 3.63) is 58.0 Å². The summed E-state index contributed by atoms with van der Waals surface area (Å²) in [7, 11) is 0. The minimum Gasteiger partial charge on any atom is -0.477 e. The lowest BCUT2D eigenvalue weighted by Gasteiger charge is -2.06. The van der Waals surface area contributed by atoms with Gasteiger partial charge in [0.1, 0.15) is 0 Å². The highest BCUT2D eigenvalue weighted by Crippen LogP contribution is 2.22. The highest BCUT2D eigenvalue weighted by atomic mass is 16.6. The number of carbonyl (C=O) groups is 1. The molecular weight excluding hydrogens is 264 g/mol. The summed E-state index contributed by atoms with van der Waals surface area (Å²) in [5, 5.41) is 22.5. The van der Waals surface area contributed by atoms with Gasteiger partial charge in [0.2, 0.25) is 5.82 Å². The van der Waals surface area contributed by atoms with Crippen LogP contribution < -0.4 is 5.32 Å². The van der Waals surface area contributed by atoms with Crippen LogP contribution >= 0.6 is 0 Å². The molecule has 0 amide bonds. The van der Waals surface area contributed by atoms with Crippen LogP contribution in [0, 0.1) is 10.1 Å². The van der Waals surface area contributed by atoms with E-state index in [1.54, 1.807) is 24.5 Å². The molecule has 0 saturated carbocycles. The van der Waals surface area contributed by atoms with Crippen LogP contribution in [0.3, 0.4) is 0 Å². The number of aromatic nitrogens is 2. The molecule has 0 atom stereocenters. The Hall–Kier alpha value is -3.03. The van der Waals surface area contributed by atoms with Crippen molar-refractivity contribution in [3.8, 4) is 0 Å². The molecule has 2 rings (SSSR count). The summed E-state index contributed by atoms with van der Waals surface area (Å²) in [6, 6.07) is 5.72. The Labute approximate surface area is 113 Å². The van der Waals surface area contributed by atoms with Crippen molar-refractivity contribution in [3.63, 3.8) is 0 Å². The third kappa shape index (κ3) is 3.05. The second-order valence-corrected chi connectivity index (χ2v) is 3.84. The highest BCUT2D eigenvalue weighted by Gasteiger charge is 2.18. The van der Waals surface area contributed by atoms with Gasteiger partial charge in [0.25, 0.3) is 0 Å². The third-order valence-electron chi connectivity index (χ3n) is 2.47. The maximum Gasteiger partial charge on any atom is 0.354 e. The average molecular weight is 274 g/mol. The number of hydrogen-bond donors (Lipinski definition) is 2. The van der Waals surface area contributed by atoms with Crippen molar-refractivity contribution in [1.29, 1.82) is 0 Å². The zero-order chi connectivity index (χ0) is 14.5. The largest absolute Gasteiger partial charge is 0.477 e. The number of rotatable bonds is 5. The van der Waals surface area contributed by atoms with Gasteiger partial charge in [-0.25, -0.2) is 9.78 Å². The first-order valence-electron chi connectivity index (χ1n) is 5.59. The van der Waals surface area contributed by atoms with Crippen LogP contribution in [0.1, 0.15) is 16.1 Å². The fourth-order valence-corrected chi connectivity index (χ4v) is 1.54. The molecule has 2 N–H and O–H groups in total. The molecule has 2 aromatic heterocycles. The Bertz CT molecular complexity index is 645. The summed E-state index contributed by atoms with van der Waals surface area (Å²) in [6.45, 7) is 0.255. The predicted octanol–water partition coefficient (Wildman–Crippen LogP) is 1.70. The second kappa shape index (κ2) is 5.74. The molecule has 0 aliphatic carbocycles. The van der Waals surface area contributed by atoms with Gasteiger partial charge in [0.05, 0.1) is 4.92 Å². The second-order valence-electron chi connectivity index (χ2n) is 3.84. The number of pyridine rings is 2. The maximum atomic E-state index is 10.9. The molecule has 0 bridgehead atoms. The molecule has 0 fully saturated rings. The lowest BCUT2D eigenvalue weighted by Crippen LogP contribution is -2.08. The van der Waals surface area contributed by atoms with Crippen LogP contribution in [-0.4, -0.2) is 26.0 Å². The number of carboxylic acids is 1. The average Bonchev–Trinajstić information content (AvgIpc) is 2.45. The summed E-state index contributed by atoms with van der Waals surface area (Å²) >= 11 is 0. The van der Waals surface area contributed by atoms with Gasteiger partial charge in [0, 0.05) is 25.0 Å². The molecule has 0 saturated heterocycles. The molecular formula is C12H10N4O4. The smallest absolute Gasteiger partial charge is 0.354 e. The van der Waals surface area contributed by atoms with Crippen molar-refractivity contribution in [2.24, 2.45) is 0 Å². The molecule has 0 spiro atoms. The quantitative estimate of drug-likeness (QED) is 0.629. The van der Waals surface area contributed by atoms with Gasteiger partial charge >= 0.3 is 11.7 Å². The van der Waals surface area contributed by atoms with Crippen LogP contribution in [0.5, 0.6) is 0 Å². The van der Waals surface area contributed by atoms with Crippen LogP contribution in [0.25, 0.3) is 0 Å². The summed E-state index contributed by atoms with van der Waals surface area (Å²) in [5.74, 6) is -1.33. The maximum absolute atomic E-state index is 10.9. The molecule has 0 aromatic carbocycles. The van der Waals surface area contributed by atoms with Gasteiger partial charge in [-0.05, 0) is 17.7 Å². The predicted molar refractivity (Wildman–Crippen MR) is 69.4 cm³/mol. The summed E-state index contributed by atoms with van der Waals surface area (Å²) in [4.78, 5) is 28.7. The number of carboxylic acid groups (broad SMARTS) is 1. The van der Waals surface area contributed by atoms with E-state index in [9.17, 15) is 14.9 Å². The van der Waals surface area contributed by atoms with E-state index in [1.165, 1.54) is 0 Å². The number of nitrogens with one attached hydrogen (secondary N) is 1. The highest BCUT2D eigenvalue weighted by molar-refractivity contribution is 5.86. The molecule has 0 aliphatic heterocycles. The minimum absolute atomic E-state index is 0.0845. The van der Waals surface area contributed by atoms with Crippen molar-refractivity contribution < 1.29 is 14.8 Å². The van der Waals surface area contributed by atoms with E-state index in [1.807, 2.05) is 0 Å². The van der Waals surface area contributed by atoms with E-state index in [4.69, 9.17) is 5.11 Å². The fraction of sp³-hybridized carbons (Fsp3) is 0.0833. The summed E-state index contributed by atoms with van der Waals surface area (Å²) in [6.07, 6.45) is 3.20. The monoisotopic (exact) mass is 274 g/mol. The van der Waals surface area contributed by atoms with Gasteiger partial charge in [-0.15, -0.1) is 0 Å². The van der Waals surface area contributed by atoms with Gasteiger partial charge in [-0.1, -0.05) is 6.07 Å². The van der Waals surface area contributed by atoms with Crippen molar-refractivity contribution in [2.75, 3.05) is 5.32 Å². The van der Waals surface area contributed by atoms with Gasteiger partial charge in [0.15, 0.2) is 5.69 Å². The van der Waals surface area contributed by atoms with Crippen LogP contribution in [0.4, 0.5) is 11.5 Å². The zero-order valence-electron chi connectivity index (χ0n) is 10.2. The Balaban J connectivity index is 2.26. The van der Waals surface area contributed by atoms with E-state index in [0.29, 0.717) is 0 Å². The Morgan fingerprint density at radius 3 is 2.80 bits per heavy atom. The Morgan fingerprint density at radius 1 is 1.40 bits per heavy atom. The van der Waals surface area contributed by atoms with Crippen molar-refractivity contribution in [2.45, 2.75) is 6.54 Å². The summed E-state index contributed by atoms with van der Waals surface area (Å²) < 4.78 is 0. The molecule has 102 valence electrons. The third-order valence-corrected chi connectivity index (χ3v) is 2.47. The molecule has 0 radical (unpaired) electrons. The molecule has 8 heteroatoms. The van der Waals surface area contributed by atoms with Gasteiger partial charge in [-0.2, -0.15) is 0 Å². The molecule has 0 aliphatic rings. The Kier molecular flexibility index (Phi) is 3.85. The fourth-order valence-electron chi connectivity index (χ4n) is 1.54. The first kappa shape index (κ1) is 13.4. The molecule has 0 unspecified atom stereocenters. The van der Waals surface area contributed by atoms with Crippen molar-refractivity contribution in [1.82, 2.24) is 9.97 Å². The number of nitro groups is 1. The van der Waals surface area contributed by atoms with E-state index in [2.05, 4.69) is 15.3 Å². The van der Waals surface area contributed by atoms with Crippen LogP contribution in [-0.2, 0) is 6.54 Å². The molecule has 2 heterocycles. The molecule has 20 heavy (non-hydrogen) atoms. The first-order chi connectivity index (χ1) is 9.58. The van der Waals surface area contributed by atoms with E-state index in [0.717, 1.165) is 17.7 Å². The molecule has 8 nitrogen and oxygen atoms in total. The van der Waals surface area contributed by atoms with E-state index in [-0.39, 0.29) is 23.7 Å². The Morgan fingerprint density at radius 2 is 2.20 bits per heavy atom. The normalized spacial score (nSPS) is 10.0. The van der Waals surface area contributed by atoms with Gasteiger partial charge < -0.3 is 10.4 Å². The molecule has 2 aromatic rings. The number of nitrogens with zero attached hydrogens (tertiary/aromatic N) is 3. The number of aromatic carboxylic acids is 1. The van der Waals surface area contributed by atoms with Gasteiger partial charge in [-0.3, -0.25) is 15.1 Å². The van der Waals surface area contributed by atoms with E-state index >= 15 is 0 Å².